The number of benzene rings is 2. The Labute approximate surface area is 292 Å². The van der Waals surface area contributed by atoms with Crippen molar-refractivity contribution in [1.82, 2.24) is 24.8 Å². The highest BCUT2D eigenvalue weighted by atomic mass is 32.2. The number of nitrogens with one attached hydrogen (secondary N) is 3. The molecule has 2 aromatic heterocycles. The van der Waals surface area contributed by atoms with Gasteiger partial charge in [0.1, 0.15) is 11.9 Å². The van der Waals surface area contributed by atoms with Crippen molar-refractivity contribution < 1.29 is 32.6 Å². The number of carbonyl (C=O) groups is 2. The average Bonchev–Trinajstić information content (AvgIpc) is 3.66. The maximum absolute atomic E-state index is 13.5. The largest absolute Gasteiger partial charge is 0.492 e. The molecule has 0 bridgehead atoms. The highest BCUT2D eigenvalue weighted by Crippen LogP contribution is 2.41. The van der Waals surface area contributed by atoms with Crippen LogP contribution in [0, 0.1) is 0 Å². The lowest BCUT2D eigenvalue weighted by Crippen LogP contribution is -2.35. The van der Waals surface area contributed by atoms with E-state index in [0.29, 0.717) is 18.5 Å². The van der Waals surface area contributed by atoms with Crippen molar-refractivity contribution in [2.24, 2.45) is 0 Å². The Hall–Kier alpha value is -4.89. The number of methoxy groups -OCH3 is 1. The minimum absolute atomic E-state index is 0.202. The minimum atomic E-state index is -3.60. The second-order valence-corrected chi connectivity index (χ2v) is 15.3. The molecular formula is C35H45N7O7S. The van der Waals surface area contributed by atoms with E-state index < -0.39 is 16.1 Å². The summed E-state index contributed by atoms with van der Waals surface area (Å²) < 4.78 is 41.0. The highest BCUT2D eigenvalue weighted by molar-refractivity contribution is 7.92. The summed E-state index contributed by atoms with van der Waals surface area (Å²) in [6.07, 6.45) is 6.38. The number of ether oxygens (including phenoxy) is 2. The molecule has 1 aliphatic heterocycles. The standard InChI is InChI=1S/C34H43N7O5S.CH2O2/c1-34(2,3)21-18-26(31(45-5)27(19-21)39-47(6,43)44)36-33(42)35-25-14-15-29(24-11-8-7-10-23(24)25)46-22-13-16-30-37-38-32(41(30)20-22)28-12-9-17-40(28)4;2-1-3/h7-8,10-11,13,16,18-20,25,28-29,39H,9,12,14-15,17H2,1-6H3,(H2,35,36,42);1H,(H,2,3)/t25-,28-,29+;/m0./s1. The topological polar surface area (TPSA) is 176 Å². The number of aromatic nitrogens is 3. The number of anilines is 2. The van der Waals surface area contributed by atoms with Gasteiger partial charge in [-0.25, -0.2) is 13.2 Å². The normalized spacial score (nSPS) is 19.1. The number of hydrogen-bond acceptors (Lipinski definition) is 9. The molecular weight excluding hydrogens is 662 g/mol. The third kappa shape index (κ3) is 8.28. The van der Waals surface area contributed by atoms with Crippen molar-refractivity contribution in [2.45, 2.75) is 70.1 Å². The van der Waals surface area contributed by atoms with Gasteiger partial charge in [0.25, 0.3) is 6.47 Å². The van der Waals surface area contributed by atoms with Crippen LogP contribution in [0.5, 0.6) is 11.5 Å². The first-order valence-corrected chi connectivity index (χ1v) is 18.3. The predicted molar refractivity (Wildman–Crippen MR) is 190 cm³/mol. The van der Waals surface area contributed by atoms with Crippen LogP contribution in [0.4, 0.5) is 16.2 Å². The number of pyridine rings is 1. The van der Waals surface area contributed by atoms with Gasteiger partial charge in [0.05, 0.1) is 43.0 Å². The Bertz CT molecular complexity index is 1960. The number of fused-ring (bicyclic) bond motifs is 2. The molecule has 1 fully saturated rings. The summed E-state index contributed by atoms with van der Waals surface area (Å²) >= 11 is 0. The number of carboxylic acid groups (broad SMARTS) is 1. The van der Waals surface area contributed by atoms with Gasteiger partial charge in [0.2, 0.25) is 10.0 Å². The number of urea groups is 1. The Morgan fingerprint density at radius 1 is 1.04 bits per heavy atom. The fraction of sp³-hybridized carbons (Fsp3) is 0.429. The predicted octanol–water partition coefficient (Wildman–Crippen LogP) is 5.65. The third-order valence-corrected chi connectivity index (χ3v) is 9.53. The Morgan fingerprint density at radius 3 is 2.38 bits per heavy atom. The fourth-order valence-corrected chi connectivity index (χ4v) is 7.13. The fourth-order valence-electron chi connectivity index (χ4n) is 6.58. The van der Waals surface area contributed by atoms with Gasteiger partial charge >= 0.3 is 6.03 Å². The van der Waals surface area contributed by atoms with E-state index in [1.54, 1.807) is 6.07 Å². The Balaban J connectivity index is 0.00000156. The quantitative estimate of drug-likeness (QED) is 0.167. The number of carbonyl (C=O) groups excluding carboxylic acids is 1. The summed E-state index contributed by atoms with van der Waals surface area (Å²) in [6.45, 7) is 6.83. The molecule has 2 amide bonds. The van der Waals surface area contributed by atoms with Crippen molar-refractivity contribution in [3.8, 4) is 11.5 Å². The third-order valence-electron chi connectivity index (χ3n) is 8.94. The van der Waals surface area contributed by atoms with E-state index in [1.807, 2.05) is 73.8 Å². The first-order valence-electron chi connectivity index (χ1n) is 16.4. The van der Waals surface area contributed by atoms with E-state index in [0.717, 1.165) is 59.6 Å². The lowest BCUT2D eigenvalue weighted by atomic mass is 9.85. The van der Waals surface area contributed by atoms with Crippen LogP contribution in [-0.2, 0) is 20.2 Å². The minimum Gasteiger partial charge on any atom is -0.492 e. The first kappa shape index (κ1) is 36.4. The molecule has 14 nitrogen and oxygen atoms in total. The number of rotatable bonds is 8. The molecule has 50 heavy (non-hydrogen) atoms. The Morgan fingerprint density at radius 2 is 1.74 bits per heavy atom. The zero-order valence-electron chi connectivity index (χ0n) is 29.1. The molecule has 2 aromatic carbocycles. The smallest absolute Gasteiger partial charge is 0.319 e. The molecule has 0 saturated carbocycles. The van der Waals surface area contributed by atoms with Gasteiger partial charge in [0.15, 0.2) is 17.2 Å². The van der Waals surface area contributed by atoms with Gasteiger partial charge in [-0.1, -0.05) is 45.0 Å². The van der Waals surface area contributed by atoms with Crippen LogP contribution in [-0.4, -0.2) is 72.5 Å². The average molecular weight is 708 g/mol. The second kappa shape index (κ2) is 14.9. The second-order valence-electron chi connectivity index (χ2n) is 13.6. The lowest BCUT2D eigenvalue weighted by molar-refractivity contribution is -0.122. The molecule has 0 radical (unpaired) electrons. The summed E-state index contributed by atoms with van der Waals surface area (Å²) in [5, 5.41) is 21.8. The van der Waals surface area contributed by atoms with E-state index >= 15 is 0 Å². The van der Waals surface area contributed by atoms with Gasteiger partial charge in [-0.05, 0) is 85.6 Å². The maximum atomic E-state index is 13.5. The van der Waals surface area contributed by atoms with Crippen molar-refractivity contribution in [3.63, 3.8) is 0 Å². The van der Waals surface area contributed by atoms with Crippen molar-refractivity contribution >= 4 is 39.5 Å². The van der Waals surface area contributed by atoms with Gasteiger partial charge in [-0.2, -0.15) is 0 Å². The van der Waals surface area contributed by atoms with Gasteiger partial charge in [-0.15, -0.1) is 10.2 Å². The molecule has 4 aromatic rings. The highest BCUT2D eigenvalue weighted by Gasteiger charge is 2.31. The zero-order chi connectivity index (χ0) is 36.2. The lowest BCUT2D eigenvalue weighted by Gasteiger charge is -2.32. The van der Waals surface area contributed by atoms with Crippen LogP contribution < -0.4 is 24.8 Å². The number of amides is 2. The number of nitrogens with zero attached hydrogens (tertiary/aromatic N) is 4. The van der Waals surface area contributed by atoms with E-state index in [9.17, 15) is 13.2 Å². The van der Waals surface area contributed by atoms with Crippen molar-refractivity contribution in [2.75, 3.05) is 37.0 Å². The number of hydrogen-bond donors (Lipinski definition) is 4. The maximum Gasteiger partial charge on any atom is 0.319 e. The number of likely N-dealkylation sites (tertiary alicyclic amines) is 1. The molecule has 1 aliphatic carbocycles. The molecule has 4 N–H and O–H groups in total. The van der Waals surface area contributed by atoms with Gasteiger partial charge < -0.3 is 25.2 Å². The summed E-state index contributed by atoms with van der Waals surface area (Å²) in [5.41, 5.74) is 3.90. The molecule has 0 spiro atoms. The van der Waals surface area contributed by atoms with Crippen LogP contribution in [0.25, 0.3) is 5.65 Å². The van der Waals surface area contributed by atoms with Crippen LogP contribution in [0.15, 0.2) is 54.7 Å². The molecule has 3 atom stereocenters. The van der Waals surface area contributed by atoms with E-state index in [4.69, 9.17) is 19.4 Å². The molecule has 268 valence electrons. The van der Waals surface area contributed by atoms with Crippen LogP contribution in [0.1, 0.15) is 87.2 Å². The monoisotopic (exact) mass is 707 g/mol. The molecule has 3 heterocycles. The molecule has 1 saturated heterocycles. The van der Waals surface area contributed by atoms with E-state index in [1.165, 1.54) is 7.11 Å². The van der Waals surface area contributed by atoms with Gasteiger partial charge in [0, 0.05) is 0 Å². The summed E-state index contributed by atoms with van der Waals surface area (Å²) in [7, 11) is -0.0369. The van der Waals surface area contributed by atoms with Gasteiger partial charge in [-0.3, -0.25) is 18.8 Å². The number of sulfonamides is 1. The van der Waals surface area contributed by atoms with Crippen LogP contribution >= 0.6 is 0 Å². The molecule has 6 rings (SSSR count). The summed E-state index contributed by atoms with van der Waals surface area (Å²) in [5.74, 6) is 1.88. The SMILES string of the molecule is COc1c(NC(=O)N[C@H]2CC[C@@H](Oc3ccc4nnc([C@@H]5CCCN5C)n4c3)c3ccccc32)cc(C(C)(C)C)cc1NS(C)(=O)=O.O=CO. The first-order chi connectivity index (χ1) is 23.7. The molecule has 15 heteroatoms. The van der Waals surface area contributed by atoms with Crippen molar-refractivity contribution in [3.05, 3.63) is 77.2 Å². The summed E-state index contributed by atoms with van der Waals surface area (Å²) in [4.78, 5) is 24.2. The van der Waals surface area contributed by atoms with E-state index in [2.05, 4.69) is 37.5 Å². The van der Waals surface area contributed by atoms with Crippen LogP contribution in [0.2, 0.25) is 0 Å². The zero-order valence-corrected chi connectivity index (χ0v) is 30.0. The van der Waals surface area contributed by atoms with Crippen molar-refractivity contribution in [1.29, 1.82) is 0 Å². The molecule has 0 unspecified atom stereocenters. The van der Waals surface area contributed by atoms with Crippen LogP contribution in [0.3, 0.4) is 0 Å². The molecule has 2 aliphatic rings. The van der Waals surface area contributed by atoms with E-state index in [-0.39, 0.29) is 41.5 Å². The summed E-state index contributed by atoms with van der Waals surface area (Å²) in [6, 6.07) is 14.9. The Kier molecular flexibility index (Phi) is 10.9.